The Morgan fingerprint density at radius 1 is 0.857 bits per heavy atom. The maximum atomic E-state index is 5.66. The molecule has 0 atom stereocenters. The van der Waals surface area contributed by atoms with Gasteiger partial charge in [-0.25, -0.2) is 0 Å². The van der Waals surface area contributed by atoms with Crippen LogP contribution in [0.25, 0.3) is 0 Å². The standard InChI is InChI=1S/C27H40O/c1-3-5-7-22-8-12-24(13-9-22)26-16-18-27(19-17-26)25-14-10-23(11-15-25)21-28-20-6-4-2/h4-7,10-11,14-15,22,24,26-27H,3,8-9,12-13,16-21H2,1-2H3/t22-,24-,26-,27-. The van der Waals surface area contributed by atoms with Crippen LogP contribution in [-0.4, -0.2) is 6.61 Å². The van der Waals surface area contributed by atoms with E-state index in [9.17, 15) is 0 Å². The molecule has 1 aromatic carbocycles. The van der Waals surface area contributed by atoms with Crippen LogP contribution in [0.1, 0.15) is 88.7 Å². The molecule has 154 valence electrons. The van der Waals surface area contributed by atoms with Crippen molar-refractivity contribution < 1.29 is 4.74 Å². The Kier molecular flexibility index (Phi) is 8.86. The Labute approximate surface area is 173 Å². The van der Waals surface area contributed by atoms with Crippen LogP contribution in [0.3, 0.4) is 0 Å². The van der Waals surface area contributed by atoms with E-state index in [1.54, 1.807) is 5.56 Å². The molecular formula is C27H40O. The molecule has 0 heterocycles. The first-order valence-electron chi connectivity index (χ1n) is 11.7. The van der Waals surface area contributed by atoms with E-state index in [1.165, 1.54) is 63.4 Å². The van der Waals surface area contributed by atoms with Crippen LogP contribution in [0.5, 0.6) is 0 Å². The number of hydrogen-bond acceptors (Lipinski definition) is 1. The third kappa shape index (κ3) is 6.34. The lowest BCUT2D eigenvalue weighted by atomic mass is 9.68. The van der Waals surface area contributed by atoms with Crippen LogP contribution in [-0.2, 0) is 11.3 Å². The smallest absolute Gasteiger partial charge is 0.0721 e. The monoisotopic (exact) mass is 380 g/mol. The van der Waals surface area contributed by atoms with Crippen LogP contribution in [0.2, 0.25) is 0 Å². The van der Waals surface area contributed by atoms with Gasteiger partial charge in [0.05, 0.1) is 13.2 Å². The summed E-state index contributed by atoms with van der Waals surface area (Å²) in [7, 11) is 0. The minimum atomic E-state index is 0.707. The Bertz CT molecular complexity index is 596. The molecule has 2 fully saturated rings. The minimum Gasteiger partial charge on any atom is -0.373 e. The highest BCUT2D eigenvalue weighted by atomic mass is 16.5. The largest absolute Gasteiger partial charge is 0.373 e. The first kappa shape index (κ1) is 21.4. The fourth-order valence-electron chi connectivity index (χ4n) is 5.29. The van der Waals surface area contributed by atoms with Crippen LogP contribution in [0.15, 0.2) is 48.6 Å². The number of hydrogen-bond donors (Lipinski definition) is 0. The van der Waals surface area contributed by atoms with Gasteiger partial charge in [-0.05, 0) is 99.5 Å². The lowest BCUT2D eigenvalue weighted by Crippen LogP contribution is -2.25. The molecule has 2 aliphatic rings. The summed E-state index contributed by atoms with van der Waals surface area (Å²) in [5.41, 5.74) is 2.83. The van der Waals surface area contributed by atoms with E-state index in [-0.39, 0.29) is 0 Å². The average molecular weight is 381 g/mol. The van der Waals surface area contributed by atoms with E-state index in [2.05, 4.69) is 49.4 Å². The first-order valence-corrected chi connectivity index (χ1v) is 11.7. The summed E-state index contributed by atoms with van der Waals surface area (Å²) in [6, 6.07) is 9.24. The van der Waals surface area contributed by atoms with E-state index in [4.69, 9.17) is 4.74 Å². The van der Waals surface area contributed by atoms with E-state index >= 15 is 0 Å². The molecule has 3 rings (SSSR count). The maximum absolute atomic E-state index is 5.66. The maximum Gasteiger partial charge on any atom is 0.0721 e. The van der Waals surface area contributed by atoms with E-state index in [1.807, 2.05) is 13.0 Å². The van der Waals surface area contributed by atoms with Crippen molar-refractivity contribution in [1.82, 2.24) is 0 Å². The van der Waals surface area contributed by atoms with Gasteiger partial charge in [0, 0.05) is 0 Å². The van der Waals surface area contributed by atoms with Crippen molar-refractivity contribution in [1.29, 1.82) is 0 Å². The van der Waals surface area contributed by atoms with Crippen molar-refractivity contribution in [3.8, 4) is 0 Å². The van der Waals surface area contributed by atoms with Gasteiger partial charge in [0.25, 0.3) is 0 Å². The fourth-order valence-corrected chi connectivity index (χ4v) is 5.29. The summed E-state index contributed by atoms with van der Waals surface area (Å²) in [4.78, 5) is 0. The summed E-state index contributed by atoms with van der Waals surface area (Å²) >= 11 is 0. The van der Waals surface area contributed by atoms with Gasteiger partial charge in [-0.2, -0.15) is 0 Å². The molecule has 0 amide bonds. The summed E-state index contributed by atoms with van der Waals surface area (Å²) in [6.07, 6.45) is 21.6. The van der Waals surface area contributed by atoms with Crippen molar-refractivity contribution in [2.24, 2.45) is 17.8 Å². The van der Waals surface area contributed by atoms with Crippen molar-refractivity contribution in [3.63, 3.8) is 0 Å². The number of allylic oxidation sites excluding steroid dienone is 3. The average Bonchev–Trinajstić information content (AvgIpc) is 2.76. The van der Waals surface area contributed by atoms with Crippen molar-refractivity contribution >= 4 is 0 Å². The van der Waals surface area contributed by atoms with Gasteiger partial charge >= 0.3 is 0 Å². The quantitative estimate of drug-likeness (QED) is 0.330. The van der Waals surface area contributed by atoms with Crippen LogP contribution < -0.4 is 0 Å². The molecule has 0 N–H and O–H groups in total. The summed E-state index contributed by atoms with van der Waals surface area (Å²) in [5.74, 6) is 3.64. The molecule has 1 nitrogen and oxygen atoms in total. The van der Waals surface area contributed by atoms with Crippen molar-refractivity contribution in [2.75, 3.05) is 6.61 Å². The Balaban J connectivity index is 1.41. The molecule has 0 unspecified atom stereocenters. The molecule has 0 spiro atoms. The Morgan fingerprint density at radius 2 is 1.50 bits per heavy atom. The molecule has 1 heteroatoms. The third-order valence-electron chi connectivity index (χ3n) is 7.07. The van der Waals surface area contributed by atoms with Gasteiger partial charge in [0.2, 0.25) is 0 Å². The third-order valence-corrected chi connectivity index (χ3v) is 7.07. The second-order valence-electron chi connectivity index (χ2n) is 8.95. The zero-order valence-electron chi connectivity index (χ0n) is 18.1. The molecule has 0 radical (unpaired) electrons. The topological polar surface area (TPSA) is 9.23 Å². The lowest BCUT2D eigenvalue weighted by molar-refractivity contribution is 0.148. The molecule has 2 saturated carbocycles. The zero-order chi connectivity index (χ0) is 19.6. The van der Waals surface area contributed by atoms with E-state index in [0.29, 0.717) is 13.2 Å². The Hall–Kier alpha value is -1.34. The molecule has 2 aliphatic carbocycles. The van der Waals surface area contributed by atoms with E-state index in [0.717, 1.165) is 23.7 Å². The van der Waals surface area contributed by atoms with Gasteiger partial charge in [-0.1, -0.05) is 55.5 Å². The van der Waals surface area contributed by atoms with Gasteiger partial charge in [-0.15, -0.1) is 0 Å². The lowest BCUT2D eigenvalue weighted by Gasteiger charge is -2.37. The molecule has 28 heavy (non-hydrogen) atoms. The number of rotatable bonds is 8. The van der Waals surface area contributed by atoms with Crippen LogP contribution >= 0.6 is 0 Å². The van der Waals surface area contributed by atoms with E-state index < -0.39 is 0 Å². The SMILES string of the molecule is CC=CCOCc1ccc([C@H]2CC[C@H]([C@H]3CC[C@H](C=CCC)CC3)CC2)cc1. The van der Waals surface area contributed by atoms with Crippen molar-refractivity contribution in [2.45, 2.75) is 84.2 Å². The number of ether oxygens (including phenoxy) is 1. The molecular weight excluding hydrogens is 340 g/mol. The van der Waals surface area contributed by atoms with Gasteiger partial charge in [0.15, 0.2) is 0 Å². The van der Waals surface area contributed by atoms with Gasteiger partial charge < -0.3 is 4.74 Å². The number of benzene rings is 1. The zero-order valence-corrected chi connectivity index (χ0v) is 18.1. The molecule has 0 saturated heterocycles. The molecule has 0 aromatic heterocycles. The highest BCUT2D eigenvalue weighted by Gasteiger charge is 2.30. The predicted molar refractivity (Wildman–Crippen MR) is 120 cm³/mol. The second kappa shape index (κ2) is 11.6. The summed E-state index contributed by atoms with van der Waals surface area (Å²) in [6.45, 7) is 5.70. The molecule has 0 aliphatic heterocycles. The highest BCUT2D eigenvalue weighted by Crippen LogP contribution is 2.44. The Morgan fingerprint density at radius 3 is 2.11 bits per heavy atom. The highest BCUT2D eigenvalue weighted by molar-refractivity contribution is 5.25. The second-order valence-corrected chi connectivity index (χ2v) is 8.95. The normalized spacial score (nSPS) is 28.9. The predicted octanol–water partition coefficient (Wildman–Crippen LogP) is 7.83. The fraction of sp³-hybridized carbons (Fsp3) is 0.630. The minimum absolute atomic E-state index is 0.707. The van der Waals surface area contributed by atoms with Crippen molar-refractivity contribution in [3.05, 3.63) is 59.7 Å². The van der Waals surface area contributed by atoms with Crippen LogP contribution in [0, 0.1) is 17.8 Å². The molecule has 1 aromatic rings. The molecule has 0 bridgehead atoms. The van der Waals surface area contributed by atoms with Crippen LogP contribution in [0.4, 0.5) is 0 Å². The summed E-state index contributed by atoms with van der Waals surface area (Å²) < 4.78 is 5.66. The van der Waals surface area contributed by atoms with Gasteiger partial charge in [-0.3, -0.25) is 0 Å². The summed E-state index contributed by atoms with van der Waals surface area (Å²) in [5, 5.41) is 0. The first-order chi connectivity index (χ1) is 13.8. The van der Waals surface area contributed by atoms with Gasteiger partial charge in [0.1, 0.15) is 0 Å².